The van der Waals surface area contributed by atoms with Gasteiger partial charge >= 0.3 is 6.03 Å². The van der Waals surface area contributed by atoms with E-state index in [2.05, 4.69) is 21.2 Å². The second-order valence-corrected chi connectivity index (χ2v) is 9.99. The van der Waals surface area contributed by atoms with Gasteiger partial charge in [0.25, 0.3) is 5.56 Å². The van der Waals surface area contributed by atoms with Crippen LogP contribution in [-0.4, -0.2) is 59.2 Å². The number of nitrogens with one attached hydrogen (secondary N) is 1. The molecule has 0 aliphatic rings. The molecule has 0 aliphatic heterocycles. The Kier molecular flexibility index (Phi) is 8.81. The summed E-state index contributed by atoms with van der Waals surface area (Å²) in [5.74, 6) is 1.19. The Morgan fingerprint density at radius 2 is 1.71 bits per heavy atom. The average Bonchev–Trinajstić information content (AvgIpc) is 2.90. The SMILES string of the molecule is CCOc1ccc(-n2c(C(C)N(CCN(C)C)C(=O)Nc3ccccc3Br)nc3ccccc3c2=O)cc1. The van der Waals surface area contributed by atoms with E-state index in [4.69, 9.17) is 9.72 Å². The number of ether oxygens (including phenoxy) is 1. The normalized spacial score (nSPS) is 11.9. The monoisotopic (exact) mass is 577 g/mol. The van der Waals surface area contributed by atoms with Gasteiger partial charge in [-0.3, -0.25) is 9.36 Å². The zero-order chi connectivity index (χ0) is 27.2. The average molecular weight is 579 g/mol. The van der Waals surface area contributed by atoms with Crippen molar-refractivity contribution in [1.29, 1.82) is 0 Å². The van der Waals surface area contributed by atoms with Gasteiger partial charge in [0.1, 0.15) is 11.6 Å². The summed E-state index contributed by atoms with van der Waals surface area (Å²) in [4.78, 5) is 36.1. The number of hydrogen-bond acceptors (Lipinski definition) is 5. The Labute approximate surface area is 231 Å². The van der Waals surface area contributed by atoms with Crippen molar-refractivity contribution in [3.8, 4) is 11.4 Å². The van der Waals surface area contributed by atoms with E-state index in [1.807, 2.05) is 99.6 Å². The van der Waals surface area contributed by atoms with Gasteiger partial charge in [-0.2, -0.15) is 0 Å². The van der Waals surface area contributed by atoms with Crippen LogP contribution in [0.4, 0.5) is 10.5 Å². The second kappa shape index (κ2) is 12.2. The zero-order valence-electron chi connectivity index (χ0n) is 22.0. The van der Waals surface area contributed by atoms with Crippen molar-refractivity contribution in [3.63, 3.8) is 0 Å². The molecular weight excluding hydrogens is 546 g/mol. The minimum absolute atomic E-state index is 0.194. The molecule has 0 spiro atoms. The highest BCUT2D eigenvalue weighted by atomic mass is 79.9. The smallest absolute Gasteiger partial charge is 0.322 e. The minimum atomic E-state index is -0.527. The number of para-hydroxylation sites is 2. The van der Waals surface area contributed by atoms with Crippen LogP contribution in [0.5, 0.6) is 5.75 Å². The van der Waals surface area contributed by atoms with Crippen LogP contribution in [0.25, 0.3) is 16.6 Å². The maximum Gasteiger partial charge on any atom is 0.322 e. The summed E-state index contributed by atoms with van der Waals surface area (Å²) in [6, 6.07) is 21.3. The highest BCUT2D eigenvalue weighted by molar-refractivity contribution is 9.10. The van der Waals surface area contributed by atoms with Gasteiger partial charge in [-0.05, 0) is 92.4 Å². The number of carbonyl (C=O) groups excluding carboxylic acids is 1. The van der Waals surface area contributed by atoms with E-state index >= 15 is 0 Å². The Balaban J connectivity index is 1.82. The number of halogens is 1. The van der Waals surface area contributed by atoms with E-state index in [-0.39, 0.29) is 11.6 Å². The van der Waals surface area contributed by atoms with E-state index in [1.54, 1.807) is 15.5 Å². The van der Waals surface area contributed by atoms with Crippen LogP contribution in [-0.2, 0) is 0 Å². The molecule has 1 aromatic heterocycles. The van der Waals surface area contributed by atoms with Crippen LogP contribution in [0.1, 0.15) is 25.7 Å². The van der Waals surface area contributed by atoms with Gasteiger partial charge in [-0.15, -0.1) is 0 Å². The third-order valence-corrected chi connectivity index (χ3v) is 6.90. The van der Waals surface area contributed by atoms with Crippen molar-refractivity contribution in [2.24, 2.45) is 0 Å². The number of aromatic nitrogens is 2. The number of likely N-dealkylation sites (N-methyl/N-ethyl adjacent to an activating group) is 1. The number of hydrogen-bond donors (Lipinski definition) is 1. The molecule has 2 amide bonds. The van der Waals surface area contributed by atoms with Crippen LogP contribution in [0, 0.1) is 0 Å². The van der Waals surface area contributed by atoms with Crippen molar-refractivity contribution in [1.82, 2.24) is 19.4 Å². The van der Waals surface area contributed by atoms with Gasteiger partial charge in [-0.25, -0.2) is 9.78 Å². The van der Waals surface area contributed by atoms with E-state index in [9.17, 15) is 9.59 Å². The summed E-state index contributed by atoms with van der Waals surface area (Å²) in [5, 5.41) is 3.52. The number of urea groups is 1. The fourth-order valence-corrected chi connectivity index (χ4v) is 4.59. The van der Waals surface area contributed by atoms with Crippen LogP contribution in [0.3, 0.4) is 0 Å². The third-order valence-electron chi connectivity index (χ3n) is 6.21. The van der Waals surface area contributed by atoms with Gasteiger partial charge in [0.15, 0.2) is 0 Å². The highest BCUT2D eigenvalue weighted by Gasteiger charge is 2.27. The third kappa shape index (κ3) is 6.06. The largest absolute Gasteiger partial charge is 0.494 e. The summed E-state index contributed by atoms with van der Waals surface area (Å²) in [6.45, 7) is 5.43. The van der Waals surface area contributed by atoms with E-state index in [0.29, 0.717) is 53.5 Å². The number of rotatable bonds is 9. The van der Waals surface area contributed by atoms with Crippen molar-refractivity contribution in [2.75, 3.05) is 39.1 Å². The molecule has 4 aromatic rings. The molecule has 8 nitrogen and oxygen atoms in total. The molecule has 1 atom stereocenters. The van der Waals surface area contributed by atoms with Crippen molar-refractivity contribution in [2.45, 2.75) is 19.9 Å². The lowest BCUT2D eigenvalue weighted by atomic mass is 10.2. The summed E-state index contributed by atoms with van der Waals surface area (Å²) in [7, 11) is 3.91. The summed E-state index contributed by atoms with van der Waals surface area (Å²) in [6.07, 6.45) is 0. The molecule has 1 heterocycles. The molecule has 0 radical (unpaired) electrons. The Bertz CT molecular complexity index is 1470. The molecule has 1 N–H and O–H groups in total. The lowest BCUT2D eigenvalue weighted by molar-refractivity contribution is 0.181. The fourth-order valence-electron chi connectivity index (χ4n) is 4.21. The van der Waals surface area contributed by atoms with E-state index in [1.165, 1.54) is 0 Å². The van der Waals surface area contributed by atoms with Gasteiger partial charge in [0.05, 0.1) is 34.9 Å². The van der Waals surface area contributed by atoms with E-state index < -0.39 is 6.04 Å². The molecule has 3 aromatic carbocycles. The van der Waals surface area contributed by atoms with E-state index in [0.717, 1.165) is 4.47 Å². The molecule has 0 saturated heterocycles. The Morgan fingerprint density at radius 1 is 1.03 bits per heavy atom. The molecular formula is C29H32BrN5O3. The number of benzene rings is 3. The first-order valence-corrected chi connectivity index (χ1v) is 13.3. The number of carbonyl (C=O) groups is 1. The Morgan fingerprint density at radius 3 is 2.39 bits per heavy atom. The molecule has 38 heavy (non-hydrogen) atoms. The fraction of sp³-hybridized carbons (Fsp3) is 0.276. The standard InChI is InChI=1S/C29H32BrN5O3/c1-5-38-22-16-14-21(15-17-22)35-27(31-25-12-8-6-10-23(25)28(35)36)20(2)34(19-18-33(3)4)29(37)32-26-13-9-7-11-24(26)30/h6-17,20H,5,18-19H2,1-4H3,(H,32,37). The maximum absolute atomic E-state index is 13.8. The molecule has 0 aliphatic carbocycles. The molecule has 9 heteroatoms. The van der Waals surface area contributed by atoms with Crippen molar-refractivity contribution in [3.05, 3.63) is 93.4 Å². The van der Waals surface area contributed by atoms with Crippen LogP contribution in [0.2, 0.25) is 0 Å². The first-order valence-electron chi connectivity index (χ1n) is 12.5. The minimum Gasteiger partial charge on any atom is -0.494 e. The highest BCUT2D eigenvalue weighted by Crippen LogP contribution is 2.26. The van der Waals surface area contributed by atoms with Gasteiger partial charge in [0, 0.05) is 17.6 Å². The first-order chi connectivity index (χ1) is 18.3. The van der Waals surface area contributed by atoms with Crippen molar-refractivity contribution >= 4 is 38.6 Å². The summed E-state index contributed by atoms with van der Waals surface area (Å²) < 4.78 is 7.97. The molecule has 1 unspecified atom stereocenters. The molecule has 198 valence electrons. The van der Waals surface area contributed by atoms with Gasteiger partial charge in [0.2, 0.25) is 0 Å². The maximum atomic E-state index is 13.8. The molecule has 0 saturated carbocycles. The van der Waals surface area contributed by atoms with Crippen LogP contribution < -0.4 is 15.6 Å². The van der Waals surface area contributed by atoms with Crippen LogP contribution in [0.15, 0.2) is 82.1 Å². The number of anilines is 1. The topological polar surface area (TPSA) is 79.7 Å². The molecule has 0 fully saturated rings. The predicted molar refractivity (Wildman–Crippen MR) is 155 cm³/mol. The number of amides is 2. The molecule has 4 rings (SSSR count). The lowest BCUT2D eigenvalue weighted by Crippen LogP contribution is -2.43. The van der Waals surface area contributed by atoms with Gasteiger partial charge in [-0.1, -0.05) is 24.3 Å². The predicted octanol–water partition coefficient (Wildman–Crippen LogP) is 5.70. The van der Waals surface area contributed by atoms with Gasteiger partial charge < -0.3 is 19.9 Å². The number of fused-ring (bicyclic) bond motifs is 1. The lowest BCUT2D eigenvalue weighted by Gasteiger charge is -2.31. The quantitative estimate of drug-likeness (QED) is 0.276. The molecule has 0 bridgehead atoms. The zero-order valence-corrected chi connectivity index (χ0v) is 23.6. The van der Waals surface area contributed by atoms with Crippen LogP contribution >= 0.6 is 15.9 Å². The first kappa shape index (κ1) is 27.3. The number of nitrogens with zero attached hydrogens (tertiary/aromatic N) is 4. The summed E-state index contributed by atoms with van der Waals surface area (Å²) in [5.41, 5.74) is 1.70. The second-order valence-electron chi connectivity index (χ2n) is 9.14. The van der Waals surface area contributed by atoms with Crippen molar-refractivity contribution < 1.29 is 9.53 Å². The summed E-state index contributed by atoms with van der Waals surface area (Å²) >= 11 is 3.50. The Hall–Kier alpha value is -3.69.